The minimum absolute atomic E-state index is 0.232. The highest BCUT2D eigenvalue weighted by molar-refractivity contribution is 5.38. The Bertz CT molecular complexity index is 350. The number of benzene rings is 1. The number of aryl methyl sites for hydroxylation is 1. The van der Waals surface area contributed by atoms with Gasteiger partial charge < -0.3 is 19.7 Å². The second kappa shape index (κ2) is 4.08. The van der Waals surface area contributed by atoms with Crippen LogP contribution in [0.15, 0.2) is 18.2 Å². The van der Waals surface area contributed by atoms with Crippen LogP contribution in [0.25, 0.3) is 0 Å². The Kier molecular flexibility index (Phi) is 2.79. The third-order valence-corrected chi connectivity index (χ3v) is 2.43. The van der Waals surface area contributed by atoms with E-state index in [1.165, 1.54) is 0 Å². The zero-order valence-electron chi connectivity index (χ0n) is 8.51. The molecule has 1 heterocycles. The Hall–Kier alpha value is -1.26. The van der Waals surface area contributed by atoms with Gasteiger partial charge in [-0.2, -0.15) is 0 Å². The molecule has 1 fully saturated rings. The lowest BCUT2D eigenvalue weighted by atomic mass is 10.2. The number of hydrogen-bond donors (Lipinski definition) is 2. The molecule has 82 valence electrons. The van der Waals surface area contributed by atoms with Gasteiger partial charge in [-0.15, -0.1) is 0 Å². The smallest absolute Gasteiger partial charge is 0.226 e. The molecule has 1 unspecified atom stereocenters. The summed E-state index contributed by atoms with van der Waals surface area (Å²) in [6, 6.07) is 4.92. The number of ether oxygens (including phenoxy) is 2. The van der Waals surface area contributed by atoms with E-state index >= 15 is 0 Å². The molecule has 15 heavy (non-hydrogen) atoms. The van der Waals surface area contributed by atoms with Crippen LogP contribution >= 0.6 is 0 Å². The van der Waals surface area contributed by atoms with Crippen molar-refractivity contribution in [1.29, 1.82) is 0 Å². The van der Waals surface area contributed by atoms with Gasteiger partial charge in [-0.05, 0) is 30.7 Å². The molecule has 2 rings (SSSR count). The third kappa shape index (κ3) is 2.22. The van der Waals surface area contributed by atoms with Crippen LogP contribution in [-0.2, 0) is 4.74 Å². The quantitative estimate of drug-likeness (QED) is 0.769. The summed E-state index contributed by atoms with van der Waals surface area (Å²) >= 11 is 0. The van der Waals surface area contributed by atoms with Gasteiger partial charge in [-0.3, -0.25) is 0 Å². The molecule has 2 N–H and O–H groups in total. The van der Waals surface area contributed by atoms with E-state index in [2.05, 4.69) is 0 Å². The van der Waals surface area contributed by atoms with Crippen molar-refractivity contribution in [2.75, 3.05) is 6.61 Å². The van der Waals surface area contributed by atoms with Crippen molar-refractivity contribution in [1.82, 2.24) is 0 Å². The maximum atomic E-state index is 9.47. The van der Waals surface area contributed by atoms with Crippen molar-refractivity contribution >= 4 is 0 Å². The molecule has 2 atom stereocenters. The van der Waals surface area contributed by atoms with E-state index < -0.39 is 12.4 Å². The average Bonchev–Trinajstić information content (AvgIpc) is 2.59. The second-order valence-corrected chi connectivity index (χ2v) is 3.66. The van der Waals surface area contributed by atoms with Crippen LogP contribution in [0.2, 0.25) is 0 Å². The van der Waals surface area contributed by atoms with E-state index in [1.54, 1.807) is 25.1 Å². The van der Waals surface area contributed by atoms with Crippen molar-refractivity contribution in [2.45, 2.75) is 25.7 Å². The Morgan fingerprint density at radius 1 is 1.47 bits per heavy atom. The van der Waals surface area contributed by atoms with Crippen LogP contribution in [0, 0.1) is 6.92 Å². The SMILES string of the molecule is Cc1cc(OC2OCC[C@H]2O)ccc1O. The number of aliphatic hydroxyl groups excluding tert-OH is 1. The molecule has 1 aliphatic heterocycles. The molecule has 0 bridgehead atoms. The fraction of sp³-hybridized carbons (Fsp3) is 0.455. The van der Waals surface area contributed by atoms with Crippen molar-refractivity contribution in [3.63, 3.8) is 0 Å². The van der Waals surface area contributed by atoms with Crippen molar-refractivity contribution in [3.05, 3.63) is 23.8 Å². The van der Waals surface area contributed by atoms with Gasteiger partial charge >= 0.3 is 0 Å². The van der Waals surface area contributed by atoms with Crippen molar-refractivity contribution in [2.24, 2.45) is 0 Å². The molecular weight excluding hydrogens is 196 g/mol. The predicted octanol–water partition coefficient (Wildman–Crippen LogP) is 1.19. The first-order valence-corrected chi connectivity index (χ1v) is 4.93. The Morgan fingerprint density at radius 2 is 2.27 bits per heavy atom. The van der Waals surface area contributed by atoms with Gasteiger partial charge in [-0.1, -0.05) is 0 Å². The van der Waals surface area contributed by atoms with E-state index in [9.17, 15) is 10.2 Å². The summed E-state index contributed by atoms with van der Waals surface area (Å²) in [7, 11) is 0. The molecule has 1 aromatic carbocycles. The van der Waals surface area contributed by atoms with Crippen LogP contribution in [0.4, 0.5) is 0 Å². The van der Waals surface area contributed by atoms with Gasteiger partial charge in [0.25, 0.3) is 0 Å². The second-order valence-electron chi connectivity index (χ2n) is 3.66. The molecule has 1 aromatic rings. The van der Waals surface area contributed by atoms with Crippen LogP contribution in [0.1, 0.15) is 12.0 Å². The summed E-state index contributed by atoms with van der Waals surface area (Å²) < 4.78 is 10.6. The predicted molar refractivity (Wildman–Crippen MR) is 53.8 cm³/mol. The van der Waals surface area contributed by atoms with Crippen LogP contribution in [0.3, 0.4) is 0 Å². The number of phenolic OH excluding ortho intramolecular Hbond substituents is 1. The summed E-state index contributed by atoms with van der Waals surface area (Å²) in [5.41, 5.74) is 0.736. The van der Waals surface area contributed by atoms with Crippen LogP contribution in [0.5, 0.6) is 11.5 Å². The van der Waals surface area contributed by atoms with Crippen LogP contribution in [-0.4, -0.2) is 29.2 Å². The summed E-state index contributed by atoms with van der Waals surface area (Å²) in [6.07, 6.45) is -0.560. The molecule has 1 aliphatic rings. The fourth-order valence-corrected chi connectivity index (χ4v) is 1.50. The number of hydrogen-bond acceptors (Lipinski definition) is 4. The van der Waals surface area contributed by atoms with E-state index in [1.807, 2.05) is 0 Å². The normalized spacial score (nSPS) is 25.5. The maximum absolute atomic E-state index is 9.47. The largest absolute Gasteiger partial charge is 0.508 e. The first kappa shape index (κ1) is 10.3. The van der Waals surface area contributed by atoms with Gasteiger partial charge in [0.1, 0.15) is 17.6 Å². The summed E-state index contributed by atoms with van der Waals surface area (Å²) in [5.74, 6) is 0.825. The molecular formula is C11H14O4. The van der Waals surface area contributed by atoms with Gasteiger partial charge in [0.05, 0.1) is 6.61 Å². The van der Waals surface area contributed by atoms with Crippen molar-refractivity contribution < 1.29 is 19.7 Å². The van der Waals surface area contributed by atoms with Gasteiger partial charge in [0.15, 0.2) is 0 Å². The van der Waals surface area contributed by atoms with E-state index in [-0.39, 0.29) is 5.75 Å². The molecule has 0 amide bonds. The molecule has 0 saturated carbocycles. The molecule has 4 heteroatoms. The topological polar surface area (TPSA) is 58.9 Å². The van der Waals surface area contributed by atoms with Crippen molar-refractivity contribution in [3.8, 4) is 11.5 Å². The molecule has 0 aliphatic carbocycles. The summed E-state index contributed by atoms with van der Waals surface area (Å²) in [6.45, 7) is 2.30. The van der Waals surface area contributed by atoms with E-state index in [0.717, 1.165) is 5.56 Å². The highest BCUT2D eigenvalue weighted by Gasteiger charge is 2.27. The third-order valence-electron chi connectivity index (χ3n) is 2.43. The highest BCUT2D eigenvalue weighted by Crippen LogP contribution is 2.25. The van der Waals surface area contributed by atoms with E-state index in [4.69, 9.17) is 9.47 Å². The summed E-state index contributed by atoms with van der Waals surface area (Å²) in [5, 5.41) is 18.8. The Balaban J connectivity index is 2.07. The molecule has 4 nitrogen and oxygen atoms in total. The van der Waals surface area contributed by atoms with Gasteiger partial charge in [0.2, 0.25) is 6.29 Å². The highest BCUT2D eigenvalue weighted by atomic mass is 16.7. The number of aliphatic hydroxyl groups is 1. The standard InChI is InChI=1S/C11H14O4/c1-7-6-8(2-3-9(7)12)15-11-10(13)4-5-14-11/h2-3,6,10-13H,4-5H2,1H3/t10-,11?/m1/s1. The van der Waals surface area contributed by atoms with Crippen LogP contribution < -0.4 is 4.74 Å². The fourth-order valence-electron chi connectivity index (χ4n) is 1.50. The minimum Gasteiger partial charge on any atom is -0.508 e. The Morgan fingerprint density at radius 3 is 2.87 bits per heavy atom. The number of aromatic hydroxyl groups is 1. The minimum atomic E-state index is -0.589. The lowest BCUT2D eigenvalue weighted by Gasteiger charge is -2.16. The average molecular weight is 210 g/mol. The molecule has 0 radical (unpaired) electrons. The monoisotopic (exact) mass is 210 g/mol. The summed E-state index contributed by atoms with van der Waals surface area (Å²) in [4.78, 5) is 0. The maximum Gasteiger partial charge on any atom is 0.226 e. The molecule has 0 spiro atoms. The lowest BCUT2D eigenvalue weighted by Crippen LogP contribution is -2.27. The number of phenols is 1. The molecule has 0 aromatic heterocycles. The molecule has 1 saturated heterocycles. The van der Waals surface area contributed by atoms with E-state index in [0.29, 0.717) is 18.8 Å². The zero-order chi connectivity index (χ0) is 10.8. The van der Waals surface area contributed by atoms with Gasteiger partial charge in [-0.25, -0.2) is 0 Å². The number of rotatable bonds is 2. The Labute approximate surface area is 88.1 Å². The first-order chi connectivity index (χ1) is 7.16. The first-order valence-electron chi connectivity index (χ1n) is 4.93. The lowest BCUT2D eigenvalue weighted by molar-refractivity contribution is -0.0891. The zero-order valence-corrected chi connectivity index (χ0v) is 8.51. The van der Waals surface area contributed by atoms with Gasteiger partial charge in [0, 0.05) is 6.42 Å².